The molecule has 0 bridgehead atoms. The van der Waals surface area contributed by atoms with Crippen molar-refractivity contribution < 1.29 is 28.6 Å². The quantitative estimate of drug-likeness (QED) is 0.0344. The molecular formula is C56H108O6. The summed E-state index contributed by atoms with van der Waals surface area (Å²) in [5.41, 5.74) is 0. The lowest BCUT2D eigenvalue weighted by Gasteiger charge is -2.18. The third kappa shape index (κ3) is 47.9. The van der Waals surface area contributed by atoms with Crippen molar-refractivity contribution in [3.05, 3.63) is 0 Å². The Hall–Kier alpha value is -1.59. The molecule has 0 aromatic rings. The molecule has 62 heavy (non-hydrogen) atoms. The van der Waals surface area contributed by atoms with Gasteiger partial charge in [0.1, 0.15) is 13.2 Å². The van der Waals surface area contributed by atoms with E-state index in [-0.39, 0.29) is 31.1 Å². The van der Waals surface area contributed by atoms with Crippen LogP contribution in [0.5, 0.6) is 0 Å². The molecule has 0 saturated carbocycles. The van der Waals surface area contributed by atoms with Crippen molar-refractivity contribution in [3.63, 3.8) is 0 Å². The number of rotatable bonds is 50. The number of hydrogen-bond acceptors (Lipinski definition) is 6. The van der Waals surface area contributed by atoms with Gasteiger partial charge in [0.15, 0.2) is 6.10 Å². The Labute approximate surface area is 387 Å². The van der Waals surface area contributed by atoms with Gasteiger partial charge in [-0.1, -0.05) is 272 Å². The van der Waals surface area contributed by atoms with Crippen molar-refractivity contribution in [3.8, 4) is 0 Å². The van der Waals surface area contributed by atoms with Gasteiger partial charge in [-0.25, -0.2) is 0 Å². The van der Waals surface area contributed by atoms with Gasteiger partial charge in [0, 0.05) is 19.3 Å². The summed E-state index contributed by atoms with van der Waals surface area (Å²) in [5, 5.41) is 0. The minimum Gasteiger partial charge on any atom is -0.462 e. The number of hydrogen-bond donors (Lipinski definition) is 0. The smallest absolute Gasteiger partial charge is 0.306 e. The summed E-state index contributed by atoms with van der Waals surface area (Å²) in [5.74, 6) is 0.879. The Morgan fingerprint density at radius 3 is 0.919 bits per heavy atom. The van der Waals surface area contributed by atoms with Crippen molar-refractivity contribution in [1.29, 1.82) is 0 Å². The van der Waals surface area contributed by atoms with E-state index in [4.69, 9.17) is 14.2 Å². The molecular weight excluding hydrogens is 769 g/mol. The fourth-order valence-electron chi connectivity index (χ4n) is 8.49. The average Bonchev–Trinajstić information content (AvgIpc) is 3.26. The Kier molecular flexibility index (Phi) is 47.6. The van der Waals surface area contributed by atoms with Crippen LogP contribution in [0, 0.1) is 11.8 Å². The first-order valence-electron chi connectivity index (χ1n) is 27.8. The molecule has 0 amide bonds. The summed E-state index contributed by atoms with van der Waals surface area (Å²) < 4.78 is 16.8. The van der Waals surface area contributed by atoms with Crippen LogP contribution in [0.15, 0.2) is 0 Å². The van der Waals surface area contributed by atoms with Crippen molar-refractivity contribution in [2.24, 2.45) is 11.8 Å². The molecule has 0 fully saturated rings. The molecule has 2 atom stereocenters. The van der Waals surface area contributed by atoms with Gasteiger partial charge in [0.25, 0.3) is 0 Å². The molecule has 368 valence electrons. The van der Waals surface area contributed by atoms with Gasteiger partial charge in [-0.15, -0.1) is 0 Å². The summed E-state index contributed by atoms with van der Waals surface area (Å²) in [7, 11) is 0. The van der Waals surface area contributed by atoms with Gasteiger partial charge in [-0.3, -0.25) is 14.4 Å². The molecule has 6 heteroatoms. The monoisotopic (exact) mass is 877 g/mol. The van der Waals surface area contributed by atoms with Gasteiger partial charge in [0.2, 0.25) is 0 Å². The molecule has 0 aliphatic carbocycles. The maximum Gasteiger partial charge on any atom is 0.306 e. The SMILES string of the molecule is CCCCCCCCCCCC(=O)OC[C@H](COC(=O)CCCCCCCCCCCCCCCCCCCCC(C)CC)OC(=O)CCCCCCCCCCCCC(C)C. The lowest BCUT2D eigenvalue weighted by molar-refractivity contribution is -0.167. The summed E-state index contributed by atoms with van der Waals surface area (Å²) in [6.07, 6.45) is 51.0. The zero-order chi connectivity index (χ0) is 45.4. The summed E-state index contributed by atoms with van der Waals surface area (Å²) in [6, 6.07) is 0. The van der Waals surface area contributed by atoms with E-state index in [2.05, 4.69) is 34.6 Å². The Morgan fingerprint density at radius 1 is 0.339 bits per heavy atom. The van der Waals surface area contributed by atoms with E-state index in [1.165, 1.54) is 199 Å². The van der Waals surface area contributed by atoms with Gasteiger partial charge in [0.05, 0.1) is 0 Å². The highest BCUT2D eigenvalue weighted by Crippen LogP contribution is 2.18. The maximum atomic E-state index is 12.8. The molecule has 0 heterocycles. The van der Waals surface area contributed by atoms with E-state index < -0.39 is 6.10 Å². The zero-order valence-electron chi connectivity index (χ0n) is 42.5. The summed E-state index contributed by atoms with van der Waals surface area (Å²) >= 11 is 0. The highest BCUT2D eigenvalue weighted by molar-refractivity contribution is 5.71. The first-order chi connectivity index (χ1) is 30.3. The van der Waals surface area contributed by atoms with Crippen LogP contribution in [0.25, 0.3) is 0 Å². The predicted molar refractivity (Wildman–Crippen MR) is 266 cm³/mol. The van der Waals surface area contributed by atoms with Gasteiger partial charge < -0.3 is 14.2 Å². The van der Waals surface area contributed by atoms with Crippen LogP contribution >= 0.6 is 0 Å². The largest absolute Gasteiger partial charge is 0.462 e. The van der Waals surface area contributed by atoms with Crippen LogP contribution in [-0.4, -0.2) is 37.2 Å². The van der Waals surface area contributed by atoms with Crippen LogP contribution < -0.4 is 0 Å². The van der Waals surface area contributed by atoms with Crippen molar-refractivity contribution in [2.45, 2.75) is 317 Å². The highest BCUT2D eigenvalue weighted by Gasteiger charge is 2.19. The number of esters is 3. The first kappa shape index (κ1) is 60.4. The van der Waals surface area contributed by atoms with E-state index in [0.717, 1.165) is 69.6 Å². The molecule has 0 spiro atoms. The average molecular weight is 877 g/mol. The molecule has 1 unspecified atom stereocenters. The van der Waals surface area contributed by atoms with Crippen LogP contribution in [0.4, 0.5) is 0 Å². The number of ether oxygens (including phenoxy) is 3. The normalized spacial score (nSPS) is 12.5. The van der Waals surface area contributed by atoms with Gasteiger partial charge >= 0.3 is 17.9 Å². The molecule has 0 aliphatic rings. The van der Waals surface area contributed by atoms with Crippen molar-refractivity contribution in [2.75, 3.05) is 13.2 Å². The van der Waals surface area contributed by atoms with Crippen LogP contribution in [0.2, 0.25) is 0 Å². The van der Waals surface area contributed by atoms with Crippen molar-refractivity contribution >= 4 is 17.9 Å². The van der Waals surface area contributed by atoms with E-state index in [1.54, 1.807) is 0 Å². The lowest BCUT2D eigenvalue weighted by atomic mass is 9.99. The molecule has 0 aromatic carbocycles. The fraction of sp³-hybridized carbons (Fsp3) is 0.946. The molecule has 0 rings (SSSR count). The Bertz CT molecular complexity index is 949. The third-order valence-corrected chi connectivity index (χ3v) is 13.1. The third-order valence-electron chi connectivity index (χ3n) is 13.1. The molecule has 0 saturated heterocycles. The minimum atomic E-state index is -0.761. The molecule has 6 nitrogen and oxygen atoms in total. The second kappa shape index (κ2) is 48.9. The number of carbonyl (C=O) groups is 3. The van der Waals surface area contributed by atoms with Crippen LogP contribution in [-0.2, 0) is 28.6 Å². The minimum absolute atomic E-state index is 0.0634. The zero-order valence-corrected chi connectivity index (χ0v) is 42.5. The standard InChI is InChI=1S/C56H108O6/c1-6-8-9-10-11-24-31-36-41-46-54(57)60-49-53(62-56(59)48-43-38-33-28-23-22-25-29-34-39-44-51(3)4)50-61-55(58)47-42-37-32-27-21-19-17-15-13-12-14-16-18-20-26-30-35-40-45-52(5)7-2/h51-53H,6-50H2,1-5H3/t52?,53-/m1/s1. The topological polar surface area (TPSA) is 78.9 Å². The lowest BCUT2D eigenvalue weighted by Crippen LogP contribution is -2.30. The maximum absolute atomic E-state index is 12.8. The van der Waals surface area contributed by atoms with Crippen LogP contribution in [0.3, 0.4) is 0 Å². The van der Waals surface area contributed by atoms with E-state index >= 15 is 0 Å². The molecule has 0 N–H and O–H groups in total. The molecule has 0 aliphatic heterocycles. The first-order valence-corrected chi connectivity index (χ1v) is 27.8. The summed E-state index contributed by atoms with van der Waals surface area (Å²) in [6.45, 7) is 11.4. The predicted octanol–water partition coefficient (Wildman–Crippen LogP) is 18.1. The van der Waals surface area contributed by atoms with Gasteiger partial charge in [-0.2, -0.15) is 0 Å². The number of unbranched alkanes of at least 4 members (excludes halogenated alkanes) is 34. The second-order valence-electron chi connectivity index (χ2n) is 19.9. The van der Waals surface area contributed by atoms with Crippen molar-refractivity contribution in [1.82, 2.24) is 0 Å². The van der Waals surface area contributed by atoms with Gasteiger partial charge in [-0.05, 0) is 31.1 Å². The van der Waals surface area contributed by atoms with E-state index in [1.807, 2.05) is 0 Å². The Balaban J connectivity index is 4.16. The molecule has 0 radical (unpaired) electrons. The highest BCUT2D eigenvalue weighted by atomic mass is 16.6. The fourth-order valence-corrected chi connectivity index (χ4v) is 8.49. The number of carbonyl (C=O) groups excluding carboxylic acids is 3. The van der Waals surface area contributed by atoms with Crippen LogP contribution in [0.1, 0.15) is 311 Å². The van der Waals surface area contributed by atoms with E-state index in [0.29, 0.717) is 19.3 Å². The molecule has 0 aromatic heterocycles. The van der Waals surface area contributed by atoms with E-state index in [9.17, 15) is 14.4 Å². The second-order valence-corrected chi connectivity index (χ2v) is 19.9. The Morgan fingerprint density at radius 2 is 0.613 bits per heavy atom. The summed E-state index contributed by atoms with van der Waals surface area (Å²) in [4.78, 5) is 37.9.